The van der Waals surface area contributed by atoms with Gasteiger partial charge in [-0.05, 0) is 37.3 Å². The Balaban J connectivity index is 2.05. The normalized spacial score (nSPS) is 13.7. The van der Waals surface area contributed by atoms with Gasteiger partial charge in [0.2, 0.25) is 5.91 Å². The Hall–Kier alpha value is -2.04. The summed E-state index contributed by atoms with van der Waals surface area (Å²) >= 11 is 0. The number of carboxylic acids is 1. The molecule has 1 N–H and O–H groups in total. The number of unbranched alkanes of at least 4 members (excludes halogenated alkanes) is 1. The highest BCUT2D eigenvalue weighted by molar-refractivity contribution is 5.96. The first kappa shape index (κ1) is 15.4. The molecule has 0 fully saturated rings. The third-order valence-electron chi connectivity index (χ3n) is 3.73. The van der Waals surface area contributed by atoms with Gasteiger partial charge in [-0.15, -0.1) is 0 Å². The maximum Gasteiger partial charge on any atom is 0.303 e. The van der Waals surface area contributed by atoms with Gasteiger partial charge >= 0.3 is 5.97 Å². The van der Waals surface area contributed by atoms with Gasteiger partial charge in [0.1, 0.15) is 5.75 Å². The molecule has 114 valence electrons. The van der Waals surface area contributed by atoms with E-state index in [-0.39, 0.29) is 12.3 Å². The van der Waals surface area contributed by atoms with Gasteiger partial charge in [-0.3, -0.25) is 9.59 Å². The quantitative estimate of drug-likeness (QED) is 0.818. The van der Waals surface area contributed by atoms with Crippen LogP contribution in [-0.4, -0.2) is 30.6 Å². The minimum absolute atomic E-state index is 0.0471. The molecule has 0 aromatic heterocycles. The van der Waals surface area contributed by atoms with E-state index in [1.54, 1.807) is 12.0 Å². The number of fused-ring (bicyclic) bond motifs is 1. The van der Waals surface area contributed by atoms with E-state index in [9.17, 15) is 9.59 Å². The smallest absolute Gasteiger partial charge is 0.303 e. The third-order valence-corrected chi connectivity index (χ3v) is 3.73. The van der Waals surface area contributed by atoms with Gasteiger partial charge in [0.15, 0.2) is 0 Å². The van der Waals surface area contributed by atoms with Crippen LogP contribution in [-0.2, 0) is 16.0 Å². The summed E-state index contributed by atoms with van der Waals surface area (Å²) < 4.78 is 5.38. The van der Waals surface area contributed by atoms with Crippen LogP contribution in [0.5, 0.6) is 5.75 Å². The summed E-state index contributed by atoms with van der Waals surface area (Å²) in [5.41, 5.74) is 2.02. The molecule has 0 atom stereocenters. The summed E-state index contributed by atoms with van der Waals surface area (Å²) in [7, 11) is 1.61. The van der Waals surface area contributed by atoms with Crippen LogP contribution in [0.4, 0.5) is 5.69 Å². The van der Waals surface area contributed by atoms with Gasteiger partial charge in [0.25, 0.3) is 0 Å². The Kier molecular flexibility index (Phi) is 5.20. The van der Waals surface area contributed by atoms with E-state index in [1.165, 1.54) is 0 Å². The van der Waals surface area contributed by atoms with Crippen molar-refractivity contribution in [1.29, 1.82) is 0 Å². The number of amides is 1. The van der Waals surface area contributed by atoms with E-state index in [1.807, 2.05) is 18.2 Å². The second-order valence-electron chi connectivity index (χ2n) is 5.22. The predicted molar refractivity (Wildman–Crippen MR) is 79.8 cm³/mol. The van der Waals surface area contributed by atoms with Crippen molar-refractivity contribution in [1.82, 2.24) is 0 Å². The minimum Gasteiger partial charge on any atom is -0.495 e. The van der Waals surface area contributed by atoms with Crippen LogP contribution < -0.4 is 9.64 Å². The Bertz CT molecular complexity index is 513. The third kappa shape index (κ3) is 3.74. The molecule has 1 aliphatic heterocycles. The average Bonchev–Trinajstić information content (AvgIpc) is 2.49. The van der Waals surface area contributed by atoms with E-state index < -0.39 is 5.97 Å². The van der Waals surface area contributed by atoms with Crippen molar-refractivity contribution in [3.8, 4) is 5.75 Å². The molecular weight excluding hydrogens is 270 g/mol. The predicted octanol–water partition coefficient (Wildman–Crippen LogP) is 2.62. The summed E-state index contributed by atoms with van der Waals surface area (Å²) in [5, 5.41) is 8.61. The van der Waals surface area contributed by atoms with E-state index in [2.05, 4.69) is 0 Å². The lowest BCUT2D eigenvalue weighted by Gasteiger charge is -2.31. The number of rotatable bonds is 6. The molecule has 21 heavy (non-hydrogen) atoms. The first-order valence-electron chi connectivity index (χ1n) is 7.31. The molecular formula is C16H21NO4. The zero-order chi connectivity index (χ0) is 15.2. The molecule has 1 heterocycles. The molecule has 1 amide bonds. The molecule has 1 aromatic rings. The highest BCUT2D eigenvalue weighted by Gasteiger charge is 2.25. The molecule has 0 bridgehead atoms. The fraction of sp³-hybridized carbons (Fsp3) is 0.500. The second-order valence-corrected chi connectivity index (χ2v) is 5.22. The summed E-state index contributed by atoms with van der Waals surface area (Å²) in [6.45, 7) is 0.700. The van der Waals surface area contributed by atoms with Crippen molar-refractivity contribution in [3.05, 3.63) is 23.8 Å². The molecule has 5 heteroatoms. The molecule has 0 aliphatic carbocycles. The lowest BCUT2D eigenvalue weighted by Crippen LogP contribution is -2.35. The lowest BCUT2D eigenvalue weighted by atomic mass is 10.00. The molecule has 0 spiro atoms. The fourth-order valence-electron chi connectivity index (χ4n) is 2.72. The van der Waals surface area contributed by atoms with Crippen LogP contribution in [0.1, 0.15) is 37.7 Å². The maximum atomic E-state index is 12.4. The van der Waals surface area contributed by atoms with Gasteiger partial charge < -0.3 is 14.7 Å². The molecule has 5 nitrogen and oxygen atoms in total. The topological polar surface area (TPSA) is 66.8 Å². The number of ether oxygens (including phenoxy) is 1. The zero-order valence-corrected chi connectivity index (χ0v) is 12.3. The van der Waals surface area contributed by atoms with Crippen LogP contribution in [0.3, 0.4) is 0 Å². The number of methoxy groups -OCH3 is 1. The van der Waals surface area contributed by atoms with Gasteiger partial charge in [-0.2, -0.15) is 0 Å². The van der Waals surface area contributed by atoms with Crippen LogP contribution in [0, 0.1) is 0 Å². The van der Waals surface area contributed by atoms with Crippen molar-refractivity contribution >= 4 is 17.6 Å². The lowest BCUT2D eigenvalue weighted by molar-refractivity contribution is -0.137. The molecule has 2 rings (SSSR count). The highest BCUT2D eigenvalue weighted by atomic mass is 16.5. The minimum atomic E-state index is -0.813. The van der Waals surface area contributed by atoms with Gasteiger partial charge in [0, 0.05) is 19.4 Å². The first-order chi connectivity index (χ1) is 10.1. The molecule has 0 radical (unpaired) electrons. The number of carbonyl (C=O) groups is 2. The van der Waals surface area contributed by atoms with Crippen LogP contribution >= 0.6 is 0 Å². The van der Waals surface area contributed by atoms with E-state index in [4.69, 9.17) is 9.84 Å². The average molecular weight is 291 g/mol. The summed E-state index contributed by atoms with van der Waals surface area (Å²) in [6, 6.07) is 5.84. The van der Waals surface area contributed by atoms with Crippen molar-refractivity contribution in [2.24, 2.45) is 0 Å². The fourth-order valence-corrected chi connectivity index (χ4v) is 2.72. The Morgan fingerprint density at radius 3 is 2.76 bits per heavy atom. The first-order valence-corrected chi connectivity index (χ1v) is 7.31. The van der Waals surface area contributed by atoms with Crippen LogP contribution in [0.2, 0.25) is 0 Å². The Labute approximate surface area is 124 Å². The molecule has 1 aromatic carbocycles. The molecule has 0 saturated carbocycles. The van der Waals surface area contributed by atoms with Gasteiger partial charge in [-0.25, -0.2) is 0 Å². The van der Waals surface area contributed by atoms with Gasteiger partial charge in [0.05, 0.1) is 12.8 Å². The standard InChI is InChI=1S/C16H21NO4/c1-21-13-8-4-6-12-7-5-11-17(16(12)13)14(18)9-2-3-10-15(19)20/h4,6,8H,2-3,5,7,9-11H2,1H3,(H,19,20). The summed E-state index contributed by atoms with van der Waals surface area (Å²) in [6.07, 6.45) is 3.54. The number of carboxylic acid groups (broad SMARTS) is 1. The van der Waals surface area contributed by atoms with Crippen LogP contribution in [0.15, 0.2) is 18.2 Å². The van der Waals surface area contributed by atoms with Crippen LogP contribution in [0.25, 0.3) is 0 Å². The number of hydrogen-bond acceptors (Lipinski definition) is 3. The molecule has 0 saturated heterocycles. The molecule has 0 unspecified atom stereocenters. The van der Waals surface area contributed by atoms with E-state index in [0.717, 1.165) is 29.8 Å². The maximum absolute atomic E-state index is 12.4. The van der Waals surface area contributed by atoms with Crippen molar-refractivity contribution in [2.45, 2.75) is 38.5 Å². The zero-order valence-electron chi connectivity index (χ0n) is 12.3. The Morgan fingerprint density at radius 2 is 2.05 bits per heavy atom. The number of carbonyl (C=O) groups excluding carboxylic acids is 1. The van der Waals surface area contributed by atoms with Crippen molar-refractivity contribution in [2.75, 3.05) is 18.6 Å². The number of hydrogen-bond donors (Lipinski definition) is 1. The second kappa shape index (κ2) is 7.11. The van der Waals surface area contributed by atoms with Crippen molar-refractivity contribution < 1.29 is 19.4 Å². The monoisotopic (exact) mass is 291 g/mol. The number of para-hydroxylation sites is 1. The van der Waals surface area contributed by atoms with Crippen molar-refractivity contribution in [3.63, 3.8) is 0 Å². The van der Waals surface area contributed by atoms with Gasteiger partial charge in [-0.1, -0.05) is 12.1 Å². The number of aliphatic carboxylic acids is 1. The number of aryl methyl sites for hydroxylation is 1. The molecule has 1 aliphatic rings. The highest BCUT2D eigenvalue weighted by Crippen LogP contribution is 2.36. The largest absolute Gasteiger partial charge is 0.495 e. The summed E-state index contributed by atoms with van der Waals surface area (Å²) in [4.78, 5) is 24.7. The van der Waals surface area contributed by atoms with E-state index in [0.29, 0.717) is 25.8 Å². The Morgan fingerprint density at radius 1 is 1.29 bits per heavy atom. The number of nitrogens with zero attached hydrogens (tertiary/aromatic N) is 1. The summed E-state index contributed by atoms with van der Waals surface area (Å²) in [5.74, 6) is -0.0376. The SMILES string of the molecule is COc1cccc2c1N(C(=O)CCCCC(=O)O)CCC2. The number of benzene rings is 1. The van der Waals surface area contributed by atoms with E-state index >= 15 is 0 Å². The number of anilines is 1.